The first-order valence-corrected chi connectivity index (χ1v) is 12.0. The normalized spacial score (nSPS) is 28.1. The number of likely N-dealkylation sites (tertiary alicyclic amines) is 1. The molecule has 1 aromatic heterocycles. The van der Waals surface area contributed by atoms with E-state index in [0.717, 1.165) is 82.9 Å². The Morgan fingerprint density at radius 3 is 2.73 bits per heavy atom. The number of carbonyl (C=O) groups excluding carboxylic acids is 1. The van der Waals surface area contributed by atoms with Crippen molar-refractivity contribution >= 4 is 5.91 Å². The lowest BCUT2D eigenvalue weighted by Crippen LogP contribution is -2.51. The van der Waals surface area contributed by atoms with Gasteiger partial charge in [-0.15, -0.1) is 0 Å². The van der Waals surface area contributed by atoms with Crippen molar-refractivity contribution in [1.29, 1.82) is 0 Å². The van der Waals surface area contributed by atoms with E-state index in [4.69, 9.17) is 4.74 Å². The summed E-state index contributed by atoms with van der Waals surface area (Å²) in [6, 6.07) is 4.21. The quantitative estimate of drug-likeness (QED) is 0.764. The third-order valence-electron chi connectivity index (χ3n) is 7.66. The summed E-state index contributed by atoms with van der Waals surface area (Å²) in [5, 5.41) is 0. The molecule has 0 spiro atoms. The minimum absolute atomic E-state index is 0.180. The van der Waals surface area contributed by atoms with Crippen molar-refractivity contribution in [2.75, 3.05) is 39.4 Å². The maximum absolute atomic E-state index is 13.3. The van der Waals surface area contributed by atoms with Crippen molar-refractivity contribution in [3.05, 3.63) is 33.7 Å². The summed E-state index contributed by atoms with van der Waals surface area (Å²) in [5.74, 6) is 1.32. The molecule has 1 aliphatic carbocycles. The molecule has 6 nitrogen and oxygen atoms in total. The fourth-order valence-electron chi connectivity index (χ4n) is 6.10. The average Bonchev–Trinajstić information content (AvgIpc) is 3.05. The summed E-state index contributed by atoms with van der Waals surface area (Å²) < 4.78 is 7.58. The zero-order valence-electron chi connectivity index (χ0n) is 18.1. The third-order valence-corrected chi connectivity index (χ3v) is 7.66. The van der Waals surface area contributed by atoms with Crippen molar-refractivity contribution < 1.29 is 9.53 Å². The molecule has 5 rings (SSSR count). The van der Waals surface area contributed by atoms with E-state index in [1.807, 2.05) is 10.6 Å². The van der Waals surface area contributed by atoms with Crippen molar-refractivity contribution in [3.8, 4) is 0 Å². The van der Waals surface area contributed by atoms with Gasteiger partial charge in [0.15, 0.2) is 0 Å². The van der Waals surface area contributed by atoms with Gasteiger partial charge < -0.3 is 14.2 Å². The number of carbonyl (C=O) groups is 1. The highest BCUT2D eigenvalue weighted by atomic mass is 16.5. The molecule has 2 saturated heterocycles. The molecule has 30 heavy (non-hydrogen) atoms. The second kappa shape index (κ2) is 8.83. The van der Waals surface area contributed by atoms with Crippen LogP contribution in [0.15, 0.2) is 16.9 Å². The fraction of sp³-hybridized carbons (Fsp3) is 0.750. The molecule has 6 heteroatoms. The molecule has 0 radical (unpaired) electrons. The smallest absolute Gasteiger partial charge is 0.255 e. The van der Waals surface area contributed by atoms with E-state index >= 15 is 0 Å². The summed E-state index contributed by atoms with van der Waals surface area (Å²) >= 11 is 0. The van der Waals surface area contributed by atoms with Gasteiger partial charge in [-0.2, -0.15) is 0 Å². The van der Waals surface area contributed by atoms with Crippen LogP contribution >= 0.6 is 0 Å². The van der Waals surface area contributed by atoms with Crippen LogP contribution in [0.4, 0.5) is 0 Å². The minimum Gasteiger partial charge on any atom is -0.380 e. The second-order valence-electron chi connectivity index (χ2n) is 9.82. The van der Waals surface area contributed by atoms with Crippen molar-refractivity contribution in [3.63, 3.8) is 0 Å². The lowest BCUT2D eigenvalue weighted by molar-refractivity contribution is -0.139. The number of nitrogens with zero attached hydrogens (tertiary/aromatic N) is 3. The van der Waals surface area contributed by atoms with Gasteiger partial charge in [0.05, 0.1) is 6.61 Å². The van der Waals surface area contributed by atoms with E-state index < -0.39 is 0 Å². The first kappa shape index (κ1) is 20.3. The standard InChI is InChI=1S/C24H35N3O3/c28-23(19-5-2-1-3-6-19)26-14-18-13-21(17-26)22-8-7-20(24(29)27(22)15-18)16-25-9-4-11-30-12-10-25/h7-8,18-19,21H,1-6,9-17H2/t18-,21+/m0/s1. The number of aromatic nitrogens is 1. The van der Waals surface area contributed by atoms with Crippen molar-refractivity contribution in [1.82, 2.24) is 14.4 Å². The third kappa shape index (κ3) is 4.09. The Kier molecular flexibility index (Phi) is 5.96. The first-order valence-electron chi connectivity index (χ1n) is 12.0. The van der Waals surface area contributed by atoms with Crippen LogP contribution in [0.5, 0.6) is 0 Å². The van der Waals surface area contributed by atoms with Gasteiger partial charge in [0.1, 0.15) is 0 Å². The van der Waals surface area contributed by atoms with Crippen LogP contribution in [0.2, 0.25) is 0 Å². The van der Waals surface area contributed by atoms with Gasteiger partial charge in [-0.05, 0) is 37.7 Å². The van der Waals surface area contributed by atoms with E-state index in [0.29, 0.717) is 24.3 Å². The van der Waals surface area contributed by atoms with Crippen LogP contribution in [0.3, 0.4) is 0 Å². The van der Waals surface area contributed by atoms with E-state index in [-0.39, 0.29) is 11.5 Å². The number of fused-ring (bicyclic) bond motifs is 4. The zero-order valence-corrected chi connectivity index (χ0v) is 18.1. The predicted molar refractivity (Wildman–Crippen MR) is 115 cm³/mol. The molecule has 2 atom stereocenters. The molecule has 3 fully saturated rings. The highest BCUT2D eigenvalue weighted by Crippen LogP contribution is 2.37. The monoisotopic (exact) mass is 413 g/mol. The Morgan fingerprint density at radius 2 is 1.87 bits per heavy atom. The van der Waals surface area contributed by atoms with Crippen LogP contribution in [0.1, 0.15) is 62.1 Å². The largest absolute Gasteiger partial charge is 0.380 e. The SMILES string of the molecule is O=C(C1CCCCC1)N1C[C@@H]2C[C@H](C1)c1ccc(CN3CCCOCC3)c(=O)n1C2. The summed E-state index contributed by atoms with van der Waals surface area (Å²) in [7, 11) is 0. The summed E-state index contributed by atoms with van der Waals surface area (Å²) in [4.78, 5) is 30.9. The summed E-state index contributed by atoms with van der Waals surface area (Å²) in [6.07, 6.45) is 7.93. The number of hydrogen-bond acceptors (Lipinski definition) is 4. The van der Waals surface area contributed by atoms with Gasteiger partial charge in [0.25, 0.3) is 5.56 Å². The van der Waals surface area contributed by atoms with Gasteiger partial charge in [-0.25, -0.2) is 0 Å². The predicted octanol–water partition coefficient (Wildman–Crippen LogP) is 2.60. The van der Waals surface area contributed by atoms with Crippen molar-refractivity contribution in [2.45, 2.75) is 64.0 Å². The van der Waals surface area contributed by atoms with E-state index in [2.05, 4.69) is 15.9 Å². The number of amides is 1. The van der Waals surface area contributed by atoms with Crippen LogP contribution < -0.4 is 5.56 Å². The van der Waals surface area contributed by atoms with Gasteiger partial charge in [-0.1, -0.05) is 25.3 Å². The molecule has 1 saturated carbocycles. The molecule has 1 amide bonds. The molecule has 0 N–H and O–H groups in total. The molecule has 4 aliphatic rings. The molecule has 2 bridgehead atoms. The van der Waals surface area contributed by atoms with E-state index in [1.54, 1.807) is 0 Å². The number of ether oxygens (including phenoxy) is 1. The molecule has 3 aliphatic heterocycles. The zero-order chi connectivity index (χ0) is 20.5. The maximum atomic E-state index is 13.3. The van der Waals surface area contributed by atoms with Crippen LogP contribution in [0, 0.1) is 11.8 Å². The molecule has 4 heterocycles. The molecular formula is C24H35N3O3. The highest BCUT2D eigenvalue weighted by Gasteiger charge is 2.38. The van der Waals surface area contributed by atoms with E-state index in [9.17, 15) is 9.59 Å². The summed E-state index contributed by atoms with van der Waals surface area (Å²) in [6.45, 7) is 6.54. The van der Waals surface area contributed by atoms with Gasteiger partial charge in [0, 0.05) is 69.0 Å². The molecule has 164 valence electrons. The lowest BCUT2D eigenvalue weighted by atomic mass is 9.81. The highest BCUT2D eigenvalue weighted by molar-refractivity contribution is 5.79. The Hall–Kier alpha value is -1.66. The molecule has 0 aromatic carbocycles. The fourth-order valence-corrected chi connectivity index (χ4v) is 6.10. The number of pyridine rings is 1. The molecule has 1 aromatic rings. The van der Waals surface area contributed by atoms with Crippen LogP contribution in [0.25, 0.3) is 0 Å². The maximum Gasteiger partial charge on any atom is 0.255 e. The first-order chi connectivity index (χ1) is 14.7. The van der Waals surface area contributed by atoms with Gasteiger partial charge >= 0.3 is 0 Å². The Labute approximate surface area is 179 Å². The van der Waals surface area contributed by atoms with Crippen molar-refractivity contribution in [2.24, 2.45) is 11.8 Å². The number of rotatable bonds is 3. The summed E-state index contributed by atoms with van der Waals surface area (Å²) in [5.41, 5.74) is 2.22. The molecule has 0 unspecified atom stereocenters. The Balaban J connectivity index is 1.32. The topological polar surface area (TPSA) is 54.8 Å². The van der Waals surface area contributed by atoms with Gasteiger partial charge in [-0.3, -0.25) is 14.5 Å². The van der Waals surface area contributed by atoms with Gasteiger partial charge in [0.2, 0.25) is 5.91 Å². The lowest BCUT2D eigenvalue weighted by Gasteiger charge is -2.44. The van der Waals surface area contributed by atoms with Crippen LogP contribution in [-0.4, -0.2) is 59.7 Å². The Morgan fingerprint density at radius 1 is 1.00 bits per heavy atom. The second-order valence-corrected chi connectivity index (χ2v) is 9.82. The minimum atomic E-state index is 0.180. The average molecular weight is 414 g/mol. The van der Waals surface area contributed by atoms with Crippen LogP contribution in [-0.2, 0) is 22.6 Å². The number of piperidine rings is 1. The number of hydrogen-bond donors (Lipinski definition) is 0. The Bertz CT molecular complexity index is 821. The van der Waals surface area contributed by atoms with E-state index in [1.165, 1.54) is 19.3 Å². The molecular weight excluding hydrogens is 378 g/mol.